The van der Waals surface area contributed by atoms with Crippen molar-refractivity contribution in [1.82, 2.24) is 4.98 Å². The molecule has 1 aromatic heterocycles. The molecule has 82 valence electrons. The Hall–Kier alpha value is -2.49. The first kappa shape index (κ1) is 9.72. The lowest BCUT2D eigenvalue weighted by atomic mass is 10.1. The van der Waals surface area contributed by atoms with Crippen LogP contribution in [-0.2, 0) is 0 Å². The van der Waals surface area contributed by atoms with Crippen LogP contribution in [0.4, 0.5) is 5.69 Å². The average Bonchev–Trinajstić information content (AvgIpc) is 2.38. The van der Waals surface area contributed by atoms with E-state index in [1.165, 1.54) is 6.07 Å². The van der Waals surface area contributed by atoms with E-state index in [2.05, 4.69) is 4.98 Å². The molecule has 4 nitrogen and oxygen atoms in total. The molecule has 0 atom stereocenters. The molecule has 17 heavy (non-hydrogen) atoms. The highest BCUT2D eigenvalue weighted by Crippen LogP contribution is 2.26. The Morgan fingerprint density at radius 2 is 1.88 bits per heavy atom. The number of nitro benzene ring substituents is 1. The maximum absolute atomic E-state index is 10.7. The maximum Gasteiger partial charge on any atom is 0.270 e. The van der Waals surface area contributed by atoms with Gasteiger partial charge in [0.2, 0.25) is 0 Å². The van der Waals surface area contributed by atoms with Gasteiger partial charge in [0.25, 0.3) is 5.69 Å². The lowest BCUT2D eigenvalue weighted by molar-refractivity contribution is -0.384. The van der Waals surface area contributed by atoms with Crippen LogP contribution in [0.15, 0.2) is 48.7 Å². The van der Waals surface area contributed by atoms with E-state index >= 15 is 0 Å². The van der Waals surface area contributed by atoms with E-state index in [9.17, 15) is 10.1 Å². The van der Waals surface area contributed by atoms with Crippen LogP contribution in [0, 0.1) is 10.1 Å². The molecule has 0 spiro atoms. The van der Waals surface area contributed by atoms with Gasteiger partial charge in [0, 0.05) is 29.1 Å². The van der Waals surface area contributed by atoms with Gasteiger partial charge in [-0.25, -0.2) is 0 Å². The molecular formula is C13H8N2O2. The number of hydrogen-bond acceptors (Lipinski definition) is 3. The van der Waals surface area contributed by atoms with Gasteiger partial charge in [-0.3, -0.25) is 15.1 Å². The Labute approximate surface area is 96.7 Å². The molecule has 1 heterocycles. The number of pyridine rings is 1. The van der Waals surface area contributed by atoms with E-state index in [1.54, 1.807) is 18.3 Å². The zero-order chi connectivity index (χ0) is 11.8. The SMILES string of the molecule is O=[N+]([O-])c1ccc2c(cnc3ccccc32)c1. The summed E-state index contributed by atoms with van der Waals surface area (Å²) in [6, 6.07) is 12.6. The molecule has 3 aromatic rings. The van der Waals surface area contributed by atoms with Gasteiger partial charge >= 0.3 is 0 Å². The lowest BCUT2D eigenvalue weighted by Crippen LogP contribution is -1.88. The number of hydrogen-bond donors (Lipinski definition) is 0. The van der Waals surface area contributed by atoms with E-state index in [4.69, 9.17) is 0 Å². The van der Waals surface area contributed by atoms with Crippen LogP contribution in [0.1, 0.15) is 0 Å². The number of aromatic nitrogens is 1. The third-order valence-electron chi connectivity index (χ3n) is 2.78. The first-order valence-electron chi connectivity index (χ1n) is 5.17. The molecule has 0 amide bonds. The summed E-state index contributed by atoms with van der Waals surface area (Å²) in [6.07, 6.45) is 1.67. The molecule has 4 heteroatoms. The van der Waals surface area contributed by atoms with Crippen molar-refractivity contribution in [3.05, 3.63) is 58.8 Å². The van der Waals surface area contributed by atoms with Crippen molar-refractivity contribution in [1.29, 1.82) is 0 Å². The normalized spacial score (nSPS) is 10.8. The molecule has 0 saturated heterocycles. The molecule has 0 radical (unpaired) electrons. The third kappa shape index (κ3) is 1.50. The molecule has 0 aliphatic rings. The number of nitro groups is 1. The Bertz CT molecular complexity index is 738. The molecule has 0 aliphatic carbocycles. The fourth-order valence-corrected chi connectivity index (χ4v) is 1.97. The fraction of sp³-hybridized carbons (Fsp3) is 0. The van der Waals surface area contributed by atoms with Crippen molar-refractivity contribution in [3.8, 4) is 0 Å². The van der Waals surface area contributed by atoms with Gasteiger partial charge in [-0.05, 0) is 17.5 Å². The van der Waals surface area contributed by atoms with Crippen LogP contribution < -0.4 is 0 Å². The number of fused-ring (bicyclic) bond motifs is 3. The van der Waals surface area contributed by atoms with E-state index < -0.39 is 4.92 Å². The smallest absolute Gasteiger partial charge is 0.258 e. The van der Waals surface area contributed by atoms with Crippen LogP contribution in [0.5, 0.6) is 0 Å². The molecule has 0 unspecified atom stereocenters. The fourth-order valence-electron chi connectivity index (χ4n) is 1.97. The quantitative estimate of drug-likeness (QED) is 0.362. The Balaban J connectivity index is 2.41. The van der Waals surface area contributed by atoms with Crippen LogP contribution in [0.2, 0.25) is 0 Å². The van der Waals surface area contributed by atoms with Gasteiger partial charge in [-0.1, -0.05) is 18.2 Å². The van der Waals surface area contributed by atoms with Crippen LogP contribution >= 0.6 is 0 Å². The largest absolute Gasteiger partial charge is 0.270 e. The molecule has 0 bridgehead atoms. The van der Waals surface area contributed by atoms with Crippen LogP contribution in [0.25, 0.3) is 21.7 Å². The van der Waals surface area contributed by atoms with Crippen LogP contribution in [-0.4, -0.2) is 9.91 Å². The summed E-state index contributed by atoms with van der Waals surface area (Å²) in [4.78, 5) is 14.6. The van der Waals surface area contributed by atoms with Gasteiger partial charge in [0.15, 0.2) is 0 Å². The topological polar surface area (TPSA) is 56.0 Å². The lowest BCUT2D eigenvalue weighted by Gasteiger charge is -2.02. The number of non-ortho nitro benzene ring substituents is 1. The molecule has 0 saturated carbocycles. The van der Waals surface area contributed by atoms with Gasteiger partial charge in [-0.15, -0.1) is 0 Å². The zero-order valence-corrected chi connectivity index (χ0v) is 8.83. The molecular weight excluding hydrogens is 216 g/mol. The van der Waals surface area contributed by atoms with Crippen molar-refractivity contribution >= 4 is 27.4 Å². The summed E-state index contributed by atoms with van der Waals surface area (Å²) < 4.78 is 0. The van der Waals surface area contributed by atoms with Crippen molar-refractivity contribution in [2.24, 2.45) is 0 Å². The predicted molar refractivity (Wildman–Crippen MR) is 65.9 cm³/mol. The monoisotopic (exact) mass is 224 g/mol. The number of rotatable bonds is 1. The second kappa shape index (κ2) is 3.52. The van der Waals surface area contributed by atoms with Crippen molar-refractivity contribution in [2.75, 3.05) is 0 Å². The zero-order valence-electron chi connectivity index (χ0n) is 8.83. The van der Waals surface area contributed by atoms with Crippen molar-refractivity contribution in [3.63, 3.8) is 0 Å². The molecule has 2 aromatic carbocycles. The van der Waals surface area contributed by atoms with Crippen LogP contribution in [0.3, 0.4) is 0 Å². The van der Waals surface area contributed by atoms with Crippen molar-refractivity contribution in [2.45, 2.75) is 0 Å². The third-order valence-corrected chi connectivity index (χ3v) is 2.78. The Kier molecular flexibility index (Phi) is 2.01. The van der Waals surface area contributed by atoms with E-state index in [-0.39, 0.29) is 5.69 Å². The number of para-hydroxylation sites is 1. The summed E-state index contributed by atoms with van der Waals surface area (Å²) in [5.74, 6) is 0. The number of nitrogens with zero attached hydrogens (tertiary/aromatic N) is 2. The Morgan fingerprint density at radius 1 is 1.06 bits per heavy atom. The molecule has 0 N–H and O–H groups in total. The predicted octanol–water partition coefficient (Wildman–Crippen LogP) is 3.30. The second-order valence-corrected chi connectivity index (χ2v) is 3.80. The minimum absolute atomic E-state index is 0.0922. The number of benzene rings is 2. The van der Waals surface area contributed by atoms with E-state index in [1.807, 2.05) is 24.3 Å². The highest BCUT2D eigenvalue weighted by atomic mass is 16.6. The van der Waals surface area contributed by atoms with Gasteiger partial charge in [0.1, 0.15) is 0 Å². The first-order valence-corrected chi connectivity index (χ1v) is 5.17. The summed E-state index contributed by atoms with van der Waals surface area (Å²) in [6.45, 7) is 0. The van der Waals surface area contributed by atoms with Gasteiger partial charge in [0.05, 0.1) is 10.4 Å². The Morgan fingerprint density at radius 3 is 2.71 bits per heavy atom. The molecule has 0 aliphatic heterocycles. The average molecular weight is 224 g/mol. The summed E-state index contributed by atoms with van der Waals surface area (Å²) in [7, 11) is 0. The van der Waals surface area contributed by atoms with Crippen molar-refractivity contribution < 1.29 is 4.92 Å². The minimum atomic E-state index is -0.394. The second-order valence-electron chi connectivity index (χ2n) is 3.80. The summed E-state index contributed by atoms with van der Waals surface area (Å²) in [5.41, 5.74) is 0.989. The summed E-state index contributed by atoms with van der Waals surface area (Å²) >= 11 is 0. The van der Waals surface area contributed by atoms with E-state index in [0.717, 1.165) is 21.7 Å². The van der Waals surface area contributed by atoms with Gasteiger partial charge in [-0.2, -0.15) is 0 Å². The standard InChI is InChI=1S/C13H8N2O2/c16-15(17)10-5-6-11-9(7-10)8-14-13-4-2-1-3-12(11)13/h1-8H. The minimum Gasteiger partial charge on any atom is -0.258 e. The first-order chi connectivity index (χ1) is 8.25. The van der Waals surface area contributed by atoms with E-state index in [0.29, 0.717) is 0 Å². The van der Waals surface area contributed by atoms with Gasteiger partial charge < -0.3 is 0 Å². The highest BCUT2D eigenvalue weighted by Gasteiger charge is 2.07. The molecule has 3 rings (SSSR count). The molecule has 0 fully saturated rings. The highest BCUT2D eigenvalue weighted by molar-refractivity contribution is 6.05. The summed E-state index contributed by atoms with van der Waals surface area (Å²) in [5, 5.41) is 13.5. The maximum atomic E-state index is 10.7.